The molecule has 4 heteroatoms. The van der Waals surface area contributed by atoms with Gasteiger partial charge in [-0.2, -0.15) is 0 Å². The van der Waals surface area contributed by atoms with Gasteiger partial charge in [0.1, 0.15) is 5.75 Å². The minimum absolute atomic E-state index is 0.0385. The Kier molecular flexibility index (Phi) is 6.36. The maximum absolute atomic E-state index is 11.8. The molecule has 106 valence electrons. The van der Waals surface area contributed by atoms with Crippen LogP contribution in [-0.2, 0) is 4.79 Å². The van der Waals surface area contributed by atoms with Gasteiger partial charge >= 0.3 is 0 Å². The number of carbonyl (C=O) groups excluding carboxylic acids is 1. The first-order valence-electron chi connectivity index (χ1n) is 6.76. The molecule has 19 heavy (non-hydrogen) atoms. The maximum Gasteiger partial charge on any atom is 0.236 e. The van der Waals surface area contributed by atoms with Crippen molar-refractivity contribution in [3.63, 3.8) is 0 Å². The summed E-state index contributed by atoms with van der Waals surface area (Å²) in [7, 11) is 1.65. The van der Waals surface area contributed by atoms with Crippen LogP contribution >= 0.6 is 0 Å². The van der Waals surface area contributed by atoms with E-state index in [1.165, 1.54) is 0 Å². The zero-order valence-corrected chi connectivity index (χ0v) is 12.2. The SMILES string of the molecule is CCCNC(=O)C(C)N[C@H](C)c1cccc(OC)c1. The molecular weight excluding hydrogens is 240 g/mol. The van der Waals surface area contributed by atoms with E-state index in [0.29, 0.717) is 0 Å². The van der Waals surface area contributed by atoms with E-state index in [-0.39, 0.29) is 18.0 Å². The number of hydrogen-bond acceptors (Lipinski definition) is 3. The number of amides is 1. The lowest BCUT2D eigenvalue weighted by Crippen LogP contribution is -2.43. The summed E-state index contributed by atoms with van der Waals surface area (Å²) in [6, 6.07) is 7.75. The third kappa shape index (κ3) is 4.91. The van der Waals surface area contributed by atoms with Gasteiger partial charge in [-0.05, 0) is 38.0 Å². The summed E-state index contributed by atoms with van der Waals surface area (Å²) >= 11 is 0. The summed E-state index contributed by atoms with van der Waals surface area (Å²) in [5.74, 6) is 0.867. The van der Waals surface area contributed by atoms with Crippen LogP contribution < -0.4 is 15.4 Å². The highest BCUT2D eigenvalue weighted by Crippen LogP contribution is 2.19. The monoisotopic (exact) mass is 264 g/mol. The normalized spacial score (nSPS) is 13.7. The molecule has 0 spiro atoms. The second-order valence-electron chi connectivity index (χ2n) is 4.68. The van der Waals surface area contributed by atoms with Gasteiger partial charge in [0.2, 0.25) is 5.91 Å². The number of rotatable bonds is 7. The predicted octanol–water partition coefficient (Wildman–Crippen LogP) is 2.26. The molecule has 2 N–H and O–H groups in total. The predicted molar refractivity (Wildman–Crippen MR) is 77.3 cm³/mol. The Morgan fingerprint density at radius 1 is 1.37 bits per heavy atom. The fourth-order valence-corrected chi connectivity index (χ4v) is 1.86. The Bertz CT molecular complexity index is 407. The highest BCUT2D eigenvalue weighted by molar-refractivity contribution is 5.81. The summed E-state index contributed by atoms with van der Waals surface area (Å²) < 4.78 is 5.20. The molecule has 1 aromatic carbocycles. The molecule has 2 atom stereocenters. The van der Waals surface area contributed by atoms with Crippen molar-refractivity contribution in [3.8, 4) is 5.75 Å². The van der Waals surface area contributed by atoms with Gasteiger partial charge in [-0.15, -0.1) is 0 Å². The van der Waals surface area contributed by atoms with Crippen molar-refractivity contribution in [1.82, 2.24) is 10.6 Å². The van der Waals surface area contributed by atoms with E-state index in [4.69, 9.17) is 4.74 Å². The maximum atomic E-state index is 11.8. The summed E-state index contributed by atoms with van der Waals surface area (Å²) in [5, 5.41) is 6.17. The van der Waals surface area contributed by atoms with E-state index >= 15 is 0 Å². The molecule has 1 unspecified atom stereocenters. The Labute approximate surface area is 115 Å². The van der Waals surface area contributed by atoms with Gasteiger partial charge in [0.25, 0.3) is 0 Å². The van der Waals surface area contributed by atoms with E-state index in [9.17, 15) is 4.79 Å². The van der Waals surface area contributed by atoms with Crippen LogP contribution in [0.15, 0.2) is 24.3 Å². The Morgan fingerprint density at radius 3 is 2.74 bits per heavy atom. The average Bonchev–Trinajstić information content (AvgIpc) is 2.44. The quantitative estimate of drug-likeness (QED) is 0.794. The molecule has 1 rings (SSSR count). The van der Waals surface area contributed by atoms with E-state index in [0.717, 1.165) is 24.3 Å². The molecule has 0 aromatic heterocycles. The minimum Gasteiger partial charge on any atom is -0.497 e. The van der Waals surface area contributed by atoms with Gasteiger partial charge in [0.05, 0.1) is 13.2 Å². The van der Waals surface area contributed by atoms with Crippen molar-refractivity contribution in [3.05, 3.63) is 29.8 Å². The summed E-state index contributed by atoms with van der Waals surface area (Å²) in [4.78, 5) is 11.8. The molecule has 0 saturated carbocycles. The average molecular weight is 264 g/mol. The molecule has 0 aliphatic heterocycles. The number of carbonyl (C=O) groups is 1. The standard InChI is InChI=1S/C15H24N2O2/c1-5-9-16-15(18)12(3)17-11(2)13-7-6-8-14(10-13)19-4/h6-8,10-12,17H,5,9H2,1-4H3,(H,16,18)/t11-,12?/m1/s1. The van der Waals surface area contributed by atoms with Gasteiger partial charge in [-0.3, -0.25) is 10.1 Å². The molecule has 0 aliphatic carbocycles. The lowest BCUT2D eigenvalue weighted by Gasteiger charge is -2.20. The molecule has 1 amide bonds. The topological polar surface area (TPSA) is 50.4 Å². The second kappa shape index (κ2) is 7.79. The van der Waals surface area contributed by atoms with Crippen LogP contribution in [0.1, 0.15) is 38.8 Å². The van der Waals surface area contributed by atoms with Crippen LogP contribution in [0.2, 0.25) is 0 Å². The van der Waals surface area contributed by atoms with Crippen molar-refractivity contribution >= 4 is 5.91 Å². The number of nitrogens with one attached hydrogen (secondary N) is 2. The van der Waals surface area contributed by atoms with Crippen LogP contribution in [0.5, 0.6) is 5.75 Å². The fraction of sp³-hybridized carbons (Fsp3) is 0.533. The third-order valence-electron chi connectivity index (χ3n) is 3.04. The van der Waals surface area contributed by atoms with Gasteiger partial charge in [-0.25, -0.2) is 0 Å². The van der Waals surface area contributed by atoms with E-state index in [2.05, 4.69) is 10.6 Å². The van der Waals surface area contributed by atoms with Crippen molar-refractivity contribution < 1.29 is 9.53 Å². The molecule has 1 aromatic rings. The van der Waals surface area contributed by atoms with E-state index in [1.54, 1.807) is 7.11 Å². The van der Waals surface area contributed by atoms with Gasteiger partial charge in [0, 0.05) is 12.6 Å². The van der Waals surface area contributed by atoms with Crippen LogP contribution in [0.3, 0.4) is 0 Å². The van der Waals surface area contributed by atoms with Crippen LogP contribution in [0.25, 0.3) is 0 Å². The van der Waals surface area contributed by atoms with Gasteiger partial charge in [-0.1, -0.05) is 19.1 Å². The van der Waals surface area contributed by atoms with Crippen LogP contribution in [0.4, 0.5) is 0 Å². The zero-order valence-electron chi connectivity index (χ0n) is 12.2. The Morgan fingerprint density at radius 2 is 2.11 bits per heavy atom. The van der Waals surface area contributed by atoms with Crippen molar-refractivity contribution in [2.75, 3.05) is 13.7 Å². The van der Waals surface area contributed by atoms with Crippen molar-refractivity contribution in [1.29, 1.82) is 0 Å². The zero-order chi connectivity index (χ0) is 14.3. The summed E-state index contributed by atoms with van der Waals surface area (Å²) in [6.07, 6.45) is 0.948. The fourth-order valence-electron chi connectivity index (χ4n) is 1.86. The number of methoxy groups -OCH3 is 1. The first-order valence-corrected chi connectivity index (χ1v) is 6.76. The lowest BCUT2D eigenvalue weighted by molar-refractivity contribution is -0.122. The first-order chi connectivity index (χ1) is 9.08. The van der Waals surface area contributed by atoms with Gasteiger partial charge in [0.15, 0.2) is 0 Å². The highest BCUT2D eigenvalue weighted by atomic mass is 16.5. The molecule has 0 heterocycles. The Hall–Kier alpha value is -1.55. The summed E-state index contributed by atoms with van der Waals surface area (Å²) in [5.41, 5.74) is 1.11. The number of hydrogen-bond donors (Lipinski definition) is 2. The Balaban J connectivity index is 2.57. The summed E-state index contributed by atoms with van der Waals surface area (Å²) in [6.45, 7) is 6.68. The minimum atomic E-state index is -0.215. The molecule has 0 radical (unpaired) electrons. The number of benzene rings is 1. The molecule has 0 saturated heterocycles. The highest BCUT2D eigenvalue weighted by Gasteiger charge is 2.15. The van der Waals surface area contributed by atoms with Crippen molar-refractivity contribution in [2.24, 2.45) is 0 Å². The third-order valence-corrected chi connectivity index (χ3v) is 3.04. The molecule has 4 nitrogen and oxygen atoms in total. The molecule has 0 bridgehead atoms. The van der Waals surface area contributed by atoms with Crippen LogP contribution in [-0.4, -0.2) is 25.6 Å². The van der Waals surface area contributed by atoms with Crippen LogP contribution in [0, 0.1) is 0 Å². The van der Waals surface area contributed by atoms with E-state index < -0.39 is 0 Å². The van der Waals surface area contributed by atoms with E-state index in [1.807, 2.05) is 45.0 Å². The molecule has 0 fully saturated rings. The lowest BCUT2D eigenvalue weighted by atomic mass is 10.1. The molecular formula is C15H24N2O2. The van der Waals surface area contributed by atoms with Crippen molar-refractivity contribution in [2.45, 2.75) is 39.3 Å². The molecule has 0 aliphatic rings. The largest absolute Gasteiger partial charge is 0.497 e. The van der Waals surface area contributed by atoms with Gasteiger partial charge < -0.3 is 10.1 Å². The first kappa shape index (κ1) is 15.5. The number of ether oxygens (including phenoxy) is 1. The smallest absolute Gasteiger partial charge is 0.236 e. The second-order valence-corrected chi connectivity index (χ2v) is 4.68.